The zero-order valence-corrected chi connectivity index (χ0v) is 17.8. The van der Waals surface area contributed by atoms with Crippen molar-refractivity contribution >= 4 is 44.7 Å². The number of aryl methyl sites for hydroxylation is 2. The van der Waals surface area contributed by atoms with Gasteiger partial charge in [-0.2, -0.15) is 0 Å². The number of carbonyl (C=O) groups is 1. The Labute approximate surface area is 174 Å². The maximum absolute atomic E-state index is 12.7. The minimum atomic E-state index is 0.0220. The number of amides is 1. The Morgan fingerprint density at radius 1 is 1.32 bits per heavy atom. The summed E-state index contributed by atoms with van der Waals surface area (Å²) in [6.45, 7) is 6.42. The predicted octanol–water partition coefficient (Wildman–Crippen LogP) is 3.97. The van der Waals surface area contributed by atoms with E-state index in [0.29, 0.717) is 17.5 Å². The summed E-state index contributed by atoms with van der Waals surface area (Å²) in [7, 11) is 0. The van der Waals surface area contributed by atoms with Crippen molar-refractivity contribution in [1.29, 1.82) is 0 Å². The number of nitrogens with zero attached hydrogens (tertiary/aromatic N) is 1. The van der Waals surface area contributed by atoms with Crippen LogP contribution in [0.2, 0.25) is 5.02 Å². The Morgan fingerprint density at radius 2 is 2.14 bits per heavy atom. The summed E-state index contributed by atoms with van der Waals surface area (Å²) in [5.41, 5.74) is 3.91. The molecule has 1 saturated heterocycles. The topological polar surface area (TPSA) is 46.4 Å². The lowest BCUT2D eigenvalue weighted by atomic mass is 9.99. The van der Waals surface area contributed by atoms with E-state index in [9.17, 15) is 4.79 Å². The summed E-state index contributed by atoms with van der Waals surface area (Å²) < 4.78 is 1.24. The van der Waals surface area contributed by atoms with Crippen LogP contribution in [0.1, 0.15) is 34.9 Å². The standard InChI is InChI=1S/C22H24ClN3OS/c1-14-10-15(2)21(17(23)11-14)25-20(27)13-26-9-5-6-16(12-26)22-24-18-7-3-4-8-19(18)28-22/h3-4,7-8,10-11,16H,5-6,9,12-13H2,1-2H3,(H,25,27)/p+1/t16-/m1/s1. The first kappa shape index (κ1) is 19.4. The van der Waals surface area contributed by atoms with Crippen LogP contribution in [0.15, 0.2) is 36.4 Å². The number of para-hydroxylation sites is 1. The lowest BCUT2D eigenvalue weighted by molar-refractivity contribution is -0.898. The summed E-state index contributed by atoms with van der Waals surface area (Å²) in [4.78, 5) is 18.8. The van der Waals surface area contributed by atoms with Gasteiger partial charge in [0.1, 0.15) is 5.01 Å². The maximum Gasteiger partial charge on any atom is 0.279 e. The third kappa shape index (κ3) is 4.22. The smallest absolute Gasteiger partial charge is 0.279 e. The highest BCUT2D eigenvalue weighted by Crippen LogP contribution is 2.30. The monoisotopic (exact) mass is 414 g/mol. The van der Waals surface area contributed by atoms with E-state index in [4.69, 9.17) is 16.6 Å². The molecule has 0 aliphatic carbocycles. The van der Waals surface area contributed by atoms with Crippen LogP contribution in [-0.4, -0.2) is 30.5 Å². The molecule has 1 aliphatic heterocycles. The largest absolute Gasteiger partial charge is 0.327 e. The minimum Gasteiger partial charge on any atom is -0.327 e. The van der Waals surface area contributed by atoms with Gasteiger partial charge in [0.15, 0.2) is 6.54 Å². The Kier molecular flexibility index (Phi) is 5.67. The normalized spacial score (nSPS) is 19.7. The quantitative estimate of drug-likeness (QED) is 0.678. The van der Waals surface area contributed by atoms with E-state index in [-0.39, 0.29) is 5.91 Å². The number of rotatable bonds is 4. The Morgan fingerprint density at radius 3 is 2.93 bits per heavy atom. The molecule has 4 rings (SSSR count). The minimum absolute atomic E-state index is 0.0220. The van der Waals surface area contributed by atoms with Gasteiger partial charge >= 0.3 is 0 Å². The van der Waals surface area contributed by atoms with E-state index in [2.05, 4.69) is 23.5 Å². The van der Waals surface area contributed by atoms with Crippen molar-refractivity contribution < 1.29 is 9.69 Å². The van der Waals surface area contributed by atoms with Crippen LogP contribution in [0.3, 0.4) is 0 Å². The zero-order valence-electron chi connectivity index (χ0n) is 16.2. The molecule has 0 radical (unpaired) electrons. The number of hydrogen-bond donors (Lipinski definition) is 2. The molecule has 6 heteroatoms. The number of nitrogens with one attached hydrogen (secondary N) is 2. The molecule has 2 atom stereocenters. The van der Waals surface area contributed by atoms with Gasteiger partial charge in [-0.05, 0) is 56.0 Å². The molecule has 2 N–H and O–H groups in total. The predicted molar refractivity (Wildman–Crippen MR) is 117 cm³/mol. The molecule has 2 heterocycles. The van der Waals surface area contributed by atoms with Gasteiger partial charge in [0.25, 0.3) is 5.91 Å². The molecule has 28 heavy (non-hydrogen) atoms. The average Bonchev–Trinajstić information content (AvgIpc) is 3.09. The summed E-state index contributed by atoms with van der Waals surface area (Å²) in [5.74, 6) is 0.451. The van der Waals surface area contributed by atoms with Gasteiger partial charge in [0.05, 0.1) is 39.9 Å². The number of likely N-dealkylation sites (tertiary alicyclic amines) is 1. The summed E-state index contributed by atoms with van der Waals surface area (Å²) in [6, 6.07) is 12.2. The molecule has 0 saturated carbocycles. The van der Waals surface area contributed by atoms with Gasteiger partial charge in [0.2, 0.25) is 0 Å². The number of anilines is 1. The van der Waals surface area contributed by atoms with Gasteiger partial charge in [0, 0.05) is 0 Å². The van der Waals surface area contributed by atoms with E-state index >= 15 is 0 Å². The highest BCUT2D eigenvalue weighted by Gasteiger charge is 2.28. The van der Waals surface area contributed by atoms with Crippen molar-refractivity contribution in [3.63, 3.8) is 0 Å². The van der Waals surface area contributed by atoms with Crippen molar-refractivity contribution in [3.05, 3.63) is 57.6 Å². The van der Waals surface area contributed by atoms with E-state index < -0.39 is 0 Å². The number of thiazole rings is 1. The van der Waals surface area contributed by atoms with Crippen LogP contribution in [0.5, 0.6) is 0 Å². The lowest BCUT2D eigenvalue weighted by Gasteiger charge is -2.28. The number of aromatic nitrogens is 1. The summed E-state index contributed by atoms with van der Waals surface area (Å²) in [5, 5.41) is 4.83. The maximum atomic E-state index is 12.7. The second-order valence-corrected chi connectivity index (χ2v) is 9.20. The van der Waals surface area contributed by atoms with Crippen LogP contribution < -0.4 is 10.2 Å². The molecule has 4 nitrogen and oxygen atoms in total. The third-order valence-corrected chi connectivity index (χ3v) is 6.88. The molecule has 0 bridgehead atoms. The molecule has 2 aromatic carbocycles. The van der Waals surface area contributed by atoms with Gasteiger partial charge in [-0.3, -0.25) is 4.79 Å². The van der Waals surface area contributed by atoms with E-state index in [1.165, 1.54) is 14.6 Å². The number of fused-ring (bicyclic) bond motifs is 1. The first-order valence-electron chi connectivity index (χ1n) is 9.75. The van der Waals surface area contributed by atoms with E-state index in [1.807, 2.05) is 32.0 Å². The van der Waals surface area contributed by atoms with Crippen LogP contribution in [0, 0.1) is 13.8 Å². The highest BCUT2D eigenvalue weighted by atomic mass is 35.5. The molecule has 3 aromatic rings. The van der Waals surface area contributed by atoms with Crippen molar-refractivity contribution in [2.45, 2.75) is 32.6 Å². The number of quaternary nitrogens is 1. The van der Waals surface area contributed by atoms with Crippen LogP contribution >= 0.6 is 22.9 Å². The Hall–Kier alpha value is -1.95. The average molecular weight is 415 g/mol. The fourth-order valence-electron chi connectivity index (χ4n) is 4.07. The summed E-state index contributed by atoms with van der Waals surface area (Å²) in [6.07, 6.45) is 2.27. The molecule has 1 aliphatic rings. The molecular weight excluding hydrogens is 390 g/mol. The fourth-order valence-corrected chi connectivity index (χ4v) is 5.54. The van der Waals surface area contributed by atoms with Crippen LogP contribution in [-0.2, 0) is 4.79 Å². The molecule has 1 unspecified atom stereocenters. The number of benzene rings is 2. The van der Waals surface area contributed by atoms with Crippen LogP contribution in [0.4, 0.5) is 5.69 Å². The first-order valence-corrected chi connectivity index (χ1v) is 10.9. The Bertz CT molecular complexity index is 960. The van der Waals surface area contributed by atoms with Gasteiger partial charge in [-0.15, -0.1) is 11.3 Å². The number of halogens is 1. The zero-order chi connectivity index (χ0) is 19.7. The number of carbonyl (C=O) groups excluding carboxylic acids is 1. The second-order valence-electron chi connectivity index (χ2n) is 7.73. The number of hydrogen-bond acceptors (Lipinski definition) is 3. The van der Waals surface area contributed by atoms with E-state index in [1.54, 1.807) is 11.3 Å². The number of piperidine rings is 1. The van der Waals surface area contributed by atoms with E-state index in [0.717, 1.165) is 48.3 Å². The molecule has 1 aromatic heterocycles. The van der Waals surface area contributed by atoms with Crippen molar-refractivity contribution in [2.24, 2.45) is 0 Å². The van der Waals surface area contributed by atoms with Gasteiger partial charge in [-0.1, -0.05) is 29.8 Å². The molecule has 1 fully saturated rings. The Balaban J connectivity index is 1.41. The lowest BCUT2D eigenvalue weighted by Crippen LogP contribution is -3.14. The van der Waals surface area contributed by atoms with Crippen molar-refractivity contribution in [3.8, 4) is 0 Å². The fraction of sp³-hybridized carbons (Fsp3) is 0.364. The molecule has 1 amide bonds. The molecule has 0 spiro atoms. The van der Waals surface area contributed by atoms with Crippen molar-refractivity contribution in [2.75, 3.05) is 25.0 Å². The van der Waals surface area contributed by atoms with Gasteiger partial charge < -0.3 is 10.2 Å². The molecule has 146 valence electrons. The first-order chi connectivity index (χ1) is 13.5. The highest BCUT2D eigenvalue weighted by molar-refractivity contribution is 7.18. The summed E-state index contributed by atoms with van der Waals surface area (Å²) >= 11 is 8.13. The van der Waals surface area contributed by atoms with Gasteiger partial charge in [-0.25, -0.2) is 4.98 Å². The van der Waals surface area contributed by atoms with Crippen molar-refractivity contribution in [1.82, 2.24) is 4.98 Å². The third-order valence-electron chi connectivity index (χ3n) is 5.38. The second kappa shape index (κ2) is 8.19. The SMILES string of the molecule is Cc1cc(C)c(NC(=O)C[NH+]2CCC[C@@H](c3nc4ccccc4s3)C2)c(Cl)c1. The van der Waals surface area contributed by atoms with Crippen LogP contribution in [0.25, 0.3) is 10.2 Å². The molecular formula is C22H25ClN3OS+.